The number of rotatable bonds is 6. The predicted molar refractivity (Wildman–Crippen MR) is 99.7 cm³/mol. The Morgan fingerprint density at radius 2 is 2.00 bits per heavy atom. The van der Waals surface area contributed by atoms with Gasteiger partial charge in [-0.1, -0.05) is 6.92 Å². The Labute approximate surface area is 150 Å². The van der Waals surface area contributed by atoms with Gasteiger partial charge in [0.2, 0.25) is 5.91 Å². The molecule has 0 radical (unpaired) electrons. The highest BCUT2D eigenvalue weighted by atomic mass is 35.5. The number of nitrogens with one attached hydrogen (secondary N) is 3. The second-order valence-electron chi connectivity index (χ2n) is 6.27. The second kappa shape index (κ2) is 10.3. The van der Waals surface area contributed by atoms with E-state index in [1.807, 2.05) is 6.92 Å². The van der Waals surface area contributed by atoms with Crippen LogP contribution in [-0.2, 0) is 4.79 Å². The molecule has 6 heteroatoms. The Morgan fingerprint density at radius 1 is 1.29 bits per heavy atom. The van der Waals surface area contributed by atoms with Crippen LogP contribution in [0.25, 0.3) is 0 Å². The van der Waals surface area contributed by atoms with Gasteiger partial charge in [0.15, 0.2) is 0 Å². The van der Waals surface area contributed by atoms with Crippen molar-refractivity contribution >= 4 is 29.9 Å². The van der Waals surface area contributed by atoms with E-state index in [1.165, 1.54) is 12.8 Å². The Hall–Kier alpha value is -1.59. The molecule has 0 bridgehead atoms. The number of carbonyl (C=O) groups is 2. The van der Waals surface area contributed by atoms with E-state index in [0.717, 1.165) is 18.8 Å². The van der Waals surface area contributed by atoms with Gasteiger partial charge < -0.3 is 16.0 Å². The minimum absolute atomic E-state index is 0. The summed E-state index contributed by atoms with van der Waals surface area (Å²) in [7, 11) is 0. The lowest BCUT2D eigenvalue weighted by Gasteiger charge is -2.28. The summed E-state index contributed by atoms with van der Waals surface area (Å²) in [6.45, 7) is 6.74. The standard InChI is InChI=1S/C18H27N3O2.ClH/c1-3-20-18(23)14-6-8-16(9-7-14)21-17(22)11-13(2)15-5-4-10-19-12-15;/h6-9,13,15,19H,3-5,10-12H2,1-2H3,(H,20,23)(H,21,22);1H. The molecule has 24 heavy (non-hydrogen) atoms. The van der Waals surface area contributed by atoms with Crippen molar-refractivity contribution in [2.24, 2.45) is 11.8 Å². The zero-order chi connectivity index (χ0) is 16.7. The largest absolute Gasteiger partial charge is 0.352 e. The van der Waals surface area contributed by atoms with Crippen LogP contribution in [0.4, 0.5) is 5.69 Å². The van der Waals surface area contributed by atoms with Crippen molar-refractivity contribution in [3.05, 3.63) is 29.8 Å². The fourth-order valence-corrected chi connectivity index (χ4v) is 3.00. The lowest BCUT2D eigenvalue weighted by atomic mass is 9.85. The van der Waals surface area contributed by atoms with Crippen LogP contribution in [0, 0.1) is 11.8 Å². The maximum absolute atomic E-state index is 12.2. The van der Waals surface area contributed by atoms with Gasteiger partial charge in [0.1, 0.15) is 0 Å². The van der Waals surface area contributed by atoms with E-state index in [0.29, 0.717) is 30.4 Å². The van der Waals surface area contributed by atoms with Crippen LogP contribution in [0.2, 0.25) is 0 Å². The molecule has 1 heterocycles. The van der Waals surface area contributed by atoms with Crippen LogP contribution in [0.15, 0.2) is 24.3 Å². The molecule has 1 aromatic rings. The molecule has 134 valence electrons. The highest BCUT2D eigenvalue weighted by Crippen LogP contribution is 2.23. The smallest absolute Gasteiger partial charge is 0.251 e. The van der Waals surface area contributed by atoms with Gasteiger partial charge in [0, 0.05) is 24.2 Å². The number of hydrogen-bond donors (Lipinski definition) is 3. The number of piperidine rings is 1. The third kappa shape index (κ3) is 6.13. The van der Waals surface area contributed by atoms with Gasteiger partial charge in [0.05, 0.1) is 0 Å². The molecule has 1 aliphatic heterocycles. The first-order valence-corrected chi connectivity index (χ1v) is 8.49. The number of halogens is 1. The zero-order valence-corrected chi connectivity index (χ0v) is 15.2. The molecule has 1 aliphatic rings. The van der Waals surface area contributed by atoms with Gasteiger partial charge in [-0.15, -0.1) is 12.4 Å². The average Bonchev–Trinajstić information content (AvgIpc) is 2.56. The SMILES string of the molecule is CCNC(=O)c1ccc(NC(=O)CC(C)C2CCCNC2)cc1.Cl. The number of hydrogen-bond acceptors (Lipinski definition) is 3. The Balaban J connectivity index is 0.00000288. The van der Waals surface area contributed by atoms with Crippen molar-refractivity contribution in [2.75, 3.05) is 25.0 Å². The van der Waals surface area contributed by atoms with Crippen molar-refractivity contribution < 1.29 is 9.59 Å². The number of benzene rings is 1. The highest BCUT2D eigenvalue weighted by molar-refractivity contribution is 5.95. The zero-order valence-electron chi connectivity index (χ0n) is 14.4. The van der Waals surface area contributed by atoms with Crippen LogP contribution >= 0.6 is 12.4 Å². The predicted octanol–water partition coefficient (Wildman–Crippen LogP) is 2.82. The molecule has 2 atom stereocenters. The first-order chi connectivity index (χ1) is 11.1. The van der Waals surface area contributed by atoms with Crippen molar-refractivity contribution in [2.45, 2.75) is 33.1 Å². The van der Waals surface area contributed by atoms with E-state index in [4.69, 9.17) is 0 Å². The van der Waals surface area contributed by atoms with Crippen LogP contribution in [0.5, 0.6) is 0 Å². The summed E-state index contributed by atoms with van der Waals surface area (Å²) in [5.74, 6) is 0.893. The fourth-order valence-electron chi connectivity index (χ4n) is 3.00. The lowest BCUT2D eigenvalue weighted by Crippen LogP contribution is -2.34. The van der Waals surface area contributed by atoms with Crippen LogP contribution < -0.4 is 16.0 Å². The van der Waals surface area contributed by atoms with E-state index in [2.05, 4.69) is 22.9 Å². The Bertz CT molecular complexity index is 528. The highest BCUT2D eigenvalue weighted by Gasteiger charge is 2.22. The first kappa shape index (κ1) is 20.5. The third-order valence-corrected chi connectivity index (χ3v) is 4.42. The fraction of sp³-hybridized carbons (Fsp3) is 0.556. The topological polar surface area (TPSA) is 70.2 Å². The quantitative estimate of drug-likeness (QED) is 0.736. The van der Waals surface area contributed by atoms with E-state index in [9.17, 15) is 9.59 Å². The summed E-state index contributed by atoms with van der Waals surface area (Å²) in [5.41, 5.74) is 1.34. The average molecular weight is 354 g/mol. The summed E-state index contributed by atoms with van der Waals surface area (Å²) in [5, 5.41) is 9.07. The molecule has 2 unspecified atom stereocenters. The summed E-state index contributed by atoms with van der Waals surface area (Å²) in [6.07, 6.45) is 2.92. The molecule has 0 aliphatic carbocycles. The molecule has 3 N–H and O–H groups in total. The third-order valence-electron chi connectivity index (χ3n) is 4.42. The van der Waals surface area contributed by atoms with Gasteiger partial charge >= 0.3 is 0 Å². The Kier molecular flexibility index (Phi) is 8.79. The van der Waals surface area contributed by atoms with Crippen molar-refractivity contribution in [1.29, 1.82) is 0 Å². The molecular formula is C18H28ClN3O2. The molecule has 1 aromatic carbocycles. The molecule has 1 fully saturated rings. The van der Waals surface area contributed by atoms with Crippen LogP contribution in [0.1, 0.15) is 43.5 Å². The van der Waals surface area contributed by atoms with E-state index in [1.54, 1.807) is 24.3 Å². The van der Waals surface area contributed by atoms with Gasteiger partial charge in [-0.3, -0.25) is 9.59 Å². The van der Waals surface area contributed by atoms with Crippen LogP contribution in [0.3, 0.4) is 0 Å². The molecule has 0 spiro atoms. The molecule has 2 rings (SSSR count). The molecular weight excluding hydrogens is 326 g/mol. The maximum atomic E-state index is 12.2. The maximum Gasteiger partial charge on any atom is 0.251 e. The van der Waals surface area contributed by atoms with E-state index in [-0.39, 0.29) is 24.2 Å². The Morgan fingerprint density at radius 3 is 2.58 bits per heavy atom. The molecule has 2 amide bonds. The summed E-state index contributed by atoms with van der Waals surface area (Å²) in [6, 6.07) is 7.01. The summed E-state index contributed by atoms with van der Waals surface area (Å²) < 4.78 is 0. The monoisotopic (exact) mass is 353 g/mol. The molecule has 1 saturated heterocycles. The summed E-state index contributed by atoms with van der Waals surface area (Å²) >= 11 is 0. The van der Waals surface area contributed by atoms with Crippen molar-refractivity contribution in [3.63, 3.8) is 0 Å². The van der Waals surface area contributed by atoms with Gasteiger partial charge in [-0.2, -0.15) is 0 Å². The number of anilines is 1. The molecule has 0 aromatic heterocycles. The van der Waals surface area contributed by atoms with E-state index < -0.39 is 0 Å². The first-order valence-electron chi connectivity index (χ1n) is 8.49. The number of carbonyl (C=O) groups excluding carboxylic acids is 2. The van der Waals surface area contributed by atoms with Gasteiger partial charge in [-0.25, -0.2) is 0 Å². The minimum atomic E-state index is -0.0937. The minimum Gasteiger partial charge on any atom is -0.352 e. The van der Waals surface area contributed by atoms with E-state index >= 15 is 0 Å². The van der Waals surface area contributed by atoms with Crippen molar-refractivity contribution in [1.82, 2.24) is 10.6 Å². The van der Waals surface area contributed by atoms with Crippen LogP contribution in [-0.4, -0.2) is 31.4 Å². The van der Waals surface area contributed by atoms with Gasteiger partial charge in [0.25, 0.3) is 5.91 Å². The lowest BCUT2D eigenvalue weighted by molar-refractivity contribution is -0.117. The molecule has 5 nitrogen and oxygen atoms in total. The second-order valence-corrected chi connectivity index (χ2v) is 6.27. The normalized spacial score (nSPS) is 18.2. The number of amides is 2. The van der Waals surface area contributed by atoms with Gasteiger partial charge in [-0.05, 0) is 69.0 Å². The summed E-state index contributed by atoms with van der Waals surface area (Å²) in [4.78, 5) is 23.9. The molecule has 0 saturated carbocycles. The van der Waals surface area contributed by atoms with Crippen molar-refractivity contribution in [3.8, 4) is 0 Å².